The van der Waals surface area contributed by atoms with E-state index >= 15 is 0 Å². The van der Waals surface area contributed by atoms with Gasteiger partial charge in [0.25, 0.3) is 5.56 Å². The molecule has 1 saturated heterocycles. The molecule has 0 bridgehead atoms. The standard InChI is InChI=1S/C25H26N2O5S/c1-31-24(30)18-11-12-20-21(15-18)26-25(27(23(20)29)16-19-9-5-13-32-19)33-14-6-10-22(28)17-7-3-2-4-8-17/h2-4,7-8,11-12,15,19H,5-6,9-10,13-14,16H2,1H3. The van der Waals surface area contributed by atoms with E-state index in [0.717, 1.165) is 12.8 Å². The van der Waals surface area contributed by atoms with Crippen LogP contribution < -0.4 is 5.56 Å². The van der Waals surface area contributed by atoms with Gasteiger partial charge in [-0.25, -0.2) is 9.78 Å². The van der Waals surface area contributed by atoms with Gasteiger partial charge in [0.1, 0.15) is 0 Å². The van der Waals surface area contributed by atoms with E-state index in [0.29, 0.717) is 58.9 Å². The van der Waals surface area contributed by atoms with Crippen LogP contribution in [-0.4, -0.2) is 46.9 Å². The molecule has 0 aliphatic carbocycles. The molecule has 0 saturated carbocycles. The van der Waals surface area contributed by atoms with Gasteiger partial charge in [0.05, 0.1) is 36.2 Å². The van der Waals surface area contributed by atoms with Gasteiger partial charge in [-0.2, -0.15) is 0 Å². The highest BCUT2D eigenvalue weighted by atomic mass is 32.2. The minimum Gasteiger partial charge on any atom is -0.465 e. The number of ether oxygens (including phenoxy) is 2. The SMILES string of the molecule is COC(=O)c1ccc2c(=O)n(CC3CCCO3)c(SCCCC(=O)c3ccccc3)nc2c1. The van der Waals surface area contributed by atoms with Crippen LogP contribution in [0.4, 0.5) is 0 Å². The highest BCUT2D eigenvalue weighted by Gasteiger charge is 2.21. The van der Waals surface area contributed by atoms with Crippen molar-refractivity contribution in [3.8, 4) is 0 Å². The van der Waals surface area contributed by atoms with Gasteiger partial charge < -0.3 is 9.47 Å². The molecule has 0 N–H and O–H groups in total. The Bertz CT molecular complexity index is 1200. The lowest BCUT2D eigenvalue weighted by molar-refractivity contribution is 0.0600. The lowest BCUT2D eigenvalue weighted by Crippen LogP contribution is -2.29. The van der Waals surface area contributed by atoms with Crippen LogP contribution in [0.3, 0.4) is 0 Å². The Labute approximate surface area is 196 Å². The summed E-state index contributed by atoms with van der Waals surface area (Å²) >= 11 is 1.44. The highest BCUT2D eigenvalue weighted by Crippen LogP contribution is 2.23. The van der Waals surface area contributed by atoms with Gasteiger partial charge in [0.15, 0.2) is 10.9 Å². The van der Waals surface area contributed by atoms with E-state index in [1.807, 2.05) is 30.3 Å². The molecule has 0 spiro atoms. The number of nitrogens with zero attached hydrogens (tertiary/aromatic N) is 2. The number of hydrogen-bond acceptors (Lipinski definition) is 7. The van der Waals surface area contributed by atoms with E-state index in [9.17, 15) is 14.4 Å². The molecule has 0 radical (unpaired) electrons. The van der Waals surface area contributed by atoms with Crippen molar-refractivity contribution in [2.45, 2.75) is 43.5 Å². The molecule has 7 nitrogen and oxygen atoms in total. The average molecular weight is 467 g/mol. The number of aromatic nitrogens is 2. The van der Waals surface area contributed by atoms with Crippen LogP contribution in [0.15, 0.2) is 58.5 Å². The normalized spacial score (nSPS) is 15.6. The number of fused-ring (bicyclic) bond motifs is 1. The molecule has 4 rings (SSSR count). The van der Waals surface area contributed by atoms with Gasteiger partial charge in [0, 0.05) is 24.3 Å². The van der Waals surface area contributed by atoms with Gasteiger partial charge in [0.2, 0.25) is 0 Å². The molecule has 33 heavy (non-hydrogen) atoms. The van der Waals surface area contributed by atoms with Crippen LogP contribution in [0.2, 0.25) is 0 Å². The van der Waals surface area contributed by atoms with Crippen LogP contribution in [0.25, 0.3) is 10.9 Å². The monoisotopic (exact) mass is 466 g/mol. The van der Waals surface area contributed by atoms with Crippen molar-refractivity contribution >= 4 is 34.4 Å². The Morgan fingerprint density at radius 1 is 1.18 bits per heavy atom. The first-order valence-corrected chi connectivity index (χ1v) is 12.0. The van der Waals surface area contributed by atoms with Gasteiger partial charge in [-0.3, -0.25) is 14.2 Å². The molecular weight excluding hydrogens is 440 g/mol. The first kappa shape index (κ1) is 23.2. The molecule has 1 aromatic heterocycles. The molecule has 2 aromatic carbocycles. The summed E-state index contributed by atoms with van der Waals surface area (Å²) in [6.45, 7) is 1.14. The number of thioether (sulfide) groups is 1. The summed E-state index contributed by atoms with van der Waals surface area (Å²) < 4.78 is 12.2. The largest absolute Gasteiger partial charge is 0.465 e. The lowest BCUT2D eigenvalue weighted by Gasteiger charge is -2.16. The molecule has 0 amide bonds. The number of benzene rings is 2. The number of rotatable bonds is 9. The van der Waals surface area contributed by atoms with E-state index in [2.05, 4.69) is 0 Å². The minimum absolute atomic E-state index is 0.0182. The molecule has 1 fully saturated rings. The smallest absolute Gasteiger partial charge is 0.337 e. The van der Waals surface area contributed by atoms with Crippen molar-refractivity contribution in [2.24, 2.45) is 0 Å². The van der Waals surface area contributed by atoms with Crippen molar-refractivity contribution in [3.05, 3.63) is 70.0 Å². The fraction of sp³-hybridized carbons (Fsp3) is 0.360. The summed E-state index contributed by atoms with van der Waals surface area (Å²) in [7, 11) is 1.32. The fourth-order valence-corrected chi connectivity index (χ4v) is 4.82. The first-order chi connectivity index (χ1) is 16.1. The maximum absolute atomic E-state index is 13.3. The number of carbonyl (C=O) groups is 2. The third-order valence-corrected chi connectivity index (χ3v) is 6.69. The summed E-state index contributed by atoms with van der Waals surface area (Å²) in [5.74, 6) is 0.261. The molecule has 3 aromatic rings. The first-order valence-electron chi connectivity index (χ1n) is 11.0. The molecule has 8 heteroatoms. The van der Waals surface area contributed by atoms with Crippen molar-refractivity contribution in [1.82, 2.24) is 9.55 Å². The minimum atomic E-state index is -0.476. The van der Waals surface area contributed by atoms with Gasteiger partial charge in [-0.1, -0.05) is 42.1 Å². The van der Waals surface area contributed by atoms with Crippen LogP contribution in [0, 0.1) is 0 Å². The zero-order valence-corrected chi connectivity index (χ0v) is 19.3. The summed E-state index contributed by atoms with van der Waals surface area (Å²) in [6, 6.07) is 14.0. The van der Waals surface area contributed by atoms with Gasteiger partial charge in [-0.15, -0.1) is 0 Å². The van der Waals surface area contributed by atoms with E-state index in [1.165, 1.54) is 18.9 Å². The molecule has 1 aliphatic rings. The Hall–Kier alpha value is -2.97. The topological polar surface area (TPSA) is 87.5 Å². The number of ketones is 1. The second-order valence-electron chi connectivity index (χ2n) is 7.91. The Kier molecular flexibility index (Phi) is 7.57. The number of esters is 1. The second-order valence-corrected chi connectivity index (χ2v) is 8.97. The quantitative estimate of drug-likeness (QED) is 0.154. The predicted octanol–water partition coefficient (Wildman–Crippen LogP) is 4.12. The summed E-state index contributed by atoms with van der Waals surface area (Å²) in [5.41, 5.74) is 1.35. The highest BCUT2D eigenvalue weighted by molar-refractivity contribution is 7.99. The zero-order chi connectivity index (χ0) is 23.2. The summed E-state index contributed by atoms with van der Waals surface area (Å²) in [6.07, 6.45) is 2.95. The molecule has 1 aliphatic heterocycles. The van der Waals surface area contributed by atoms with Crippen LogP contribution >= 0.6 is 11.8 Å². The summed E-state index contributed by atoms with van der Waals surface area (Å²) in [4.78, 5) is 42.3. The lowest BCUT2D eigenvalue weighted by atomic mass is 10.1. The molecular formula is C25H26N2O5S. The molecule has 1 atom stereocenters. The number of carbonyl (C=O) groups excluding carboxylic acids is 2. The van der Waals surface area contributed by atoms with Gasteiger partial charge >= 0.3 is 5.97 Å². The van der Waals surface area contributed by atoms with Crippen LogP contribution in [0.1, 0.15) is 46.4 Å². The number of hydrogen-bond donors (Lipinski definition) is 0. The third kappa shape index (κ3) is 5.51. The van der Waals surface area contributed by atoms with Crippen LogP contribution in [-0.2, 0) is 16.0 Å². The third-order valence-electron chi connectivity index (χ3n) is 5.63. The van der Waals surface area contributed by atoms with Crippen molar-refractivity contribution in [2.75, 3.05) is 19.5 Å². The maximum Gasteiger partial charge on any atom is 0.337 e. The van der Waals surface area contributed by atoms with Crippen LogP contribution in [0.5, 0.6) is 0 Å². The Morgan fingerprint density at radius 3 is 2.73 bits per heavy atom. The number of methoxy groups -OCH3 is 1. The molecule has 2 heterocycles. The fourth-order valence-electron chi connectivity index (χ4n) is 3.87. The van der Waals surface area contributed by atoms with E-state index in [1.54, 1.807) is 22.8 Å². The Balaban J connectivity index is 1.55. The molecule has 172 valence electrons. The number of Topliss-reactive ketones (excluding diaryl/α,β-unsaturated/α-hetero) is 1. The molecule has 1 unspecified atom stereocenters. The summed E-state index contributed by atoms with van der Waals surface area (Å²) in [5, 5.41) is 1.02. The van der Waals surface area contributed by atoms with Crippen molar-refractivity contribution in [3.63, 3.8) is 0 Å². The zero-order valence-electron chi connectivity index (χ0n) is 18.5. The second kappa shape index (κ2) is 10.8. The van der Waals surface area contributed by atoms with Crippen molar-refractivity contribution < 1.29 is 19.1 Å². The van der Waals surface area contributed by atoms with E-state index in [4.69, 9.17) is 14.5 Å². The maximum atomic E-state index is 13.3. The van der Waals surface area contributed by atoms with E-state index in [-0.39, 0.29) is 17.4 Å². The van der Waals surface area contributed by atoms with Gasteiger partial charge in [-0.05, 0) is 37.5 Å². The van der Waals surface area contributed by atoms with Crippen molar-refractivity contribution in [1.29, 1.82) is 0 Å². The van der Waals surface area contributed by atoms with E-state index < -0.39 is 5.97 Å². The average Bonchev–Trinajstić information content (AvgIpc) is 3.37. The predicted molar refractivity (Wildman–Crippen MR) is 127 cm³/mol. The Morgan fingerprint density at radius 2 is 2.00 bits per heavy atom.